The van der Waals surface area contributed by atoms with E-state index >= 15 is 0 Å². The summed E-state index contributed by atoms with van der Waals surface area (Å²) in [6.07, 6.45) is 2.51. The first-order valence-corrected chi connectivity index (χ1v) is 8.54. The molecule has 1 aromatic rings. The molecular weight excluding hydrogens is 297 g/mol. The number of nitrogens with zero attached hydrogens (tertiary/aromatic N) is 1. The number of anilines is 1. The number of carbonyl (C=O) groups is 1. The molecule has 116 valence electrons. The maximum Gasteiger partial charge on any atom is 0.338 e. The summed E-state index contributed by atoms with van der Waals surface area (Å²) >= 11 is 0. The zero-order valence-corrected chi connectivity index (χ0v) is 12.6. The van der Waals surface area contributed by atoms with Crippen LogP contribution in [-0.4, -0.2) is 31.8 Å². The van der Waals surface area contributed by atoms with E-state index in [1.807, 2.05) is 6.92 Å². The highest BCUT2D eigenvalue weighted by molar-refractivity contribution is 7.92. The molecule has 1 aliphatic rings. The van der Waals surface area contributed by atoms with Crippen LogP contribution in [0.15, 0.2) is 12.1 Å². The van der Waals surface area contributed by atoms with Gasteiger partial charge in [0.2, 0.25) is 10.0 Å². The van der Waals surface area contributed by atoms with Gasteiger partial charge in [-0.3, -0.25) is 4.31 Å². The quantitative estimate of drug-likeness (QED) is 0.926. The van der Waals surface area contributed by atoms with Crippen LogP contribution in [0.1, 0.15) is 42.1 Å². The van der Waals surface area contributed by atoms with E-state index in [4.69, 9.17) is 5.11 Å². The van der Waals surface area contributed by atoms with Gasteiger partial charge in [0.15, 0.2) is 5.82 Å². The fraction of sp³-hybridized carbons (Fsp3) is 0.500. The van der Waals surface area contributed by atoms with Gasteiger partial charge in [0.1, 0.15) is 0 Å². The number of carboxylic acids is 1. The molecule has 1 saturated heterocycles. The lowest BCUT2D eigenvalue weighted by molar-refractivity contribution is 0.0692. The third kappa shape index (κ3) is 3.18. The molecule has 0 unspecified atom stereocenters. The standard InChI is InChI=1S/C14H18FNO4S/c1-2-5-10-8-11(14(17)18)13(15)12(9-10)16-6-3-4-7-21(16,19)20/h8-9H,2-7H2,1H3,(H,17,18). The van der Waals surface area contributed by atoms with E-state index in [0.717, 1.165) is 10.7 Å². The van der Waals surface area contributed by atoms with Gasteiger partial charge in [-0.15, -0.1) is 0 Å². The van der Waals surface area contributed by atoms with Crippen molar-refractivity contribution in [2.75, 3.05) is 16.6 Å². The molecule has 0 spiro atoms. The Kier molecular flexibility index (Phi) is 4.51. The highest BCUT2D eigenvalue weighted by atomic mass is 32.2. The van der Waals surface area contributed by atoms with Crippen LogP contribution in [0, 0.1) is 5.82 Å². The molecule has 0 amide bonds. The van der Waals surface area contributed by atoms with Crippen molar-refractivity contribution < 1.29 is 22.7 Å². The molecule has 0 saturated carbocycles. The Morgan fingerprint density at radius 1 is 1.38 bits per heavy atom. The average Bonchev–Trinajstić information content (AvgIpc) is 2.40. The summed E-state index contributed by atoms with van der Waals surface area (Å²) < 4.78 is 39.6. The van der Waals surface area contributed by atoms with E-state index in [1.54, 1.807) is 0 Å². The maximum absolute atomic E-state index is 14.4. The molecule has 5 nitrogen and oxygen atoms in total. The Morgan fingerprint density at radius 2 is 2.10 bits per heavy atom. The van der Waals surface area contributed by atoms with Crippen LogP contribution in [0.25, 0.3) is 0 Å². The summed E-state index contributed by atoms with van der Waals surface area (Å²) in [4.78, 5) is 11.2. The second kappa shape index (κ2) is 6.01. The maximum atomic E-state index is 14.4. The molecule has 0 aromatic heterocycles. The number of rotatable bonds is 4. The molecule has 0 radical (unpaired) electrons. The van der Waals surface area contributed by atoms with Crippen LogP contribution in [0.3, 0.4) is 0 Å². The number of hydrogen-bond donors (Lipinski definition) is 1. The molecule has 1 heterocycles. The third-order valence-corrected chi connectivity index (χ3v) is 5.36. The fourth-order valence-electron chi connectivity index (χ4n) is 2.50. The van der Waals surface area contributed by atoms with Crippen molar-refractivity contribution >= 4 is 21.7 Å². The molecule has 1 fully saturated rings. The van der Waals surface area contributed by atoms with Gasteiger partial charge in [0, 0.05) is 6.54 Å². The zero-order valence-electron chi connectivity index (χ0n) is 11.8. The predicted octanol–water partition coefficient (Wildman–Crippen LogP) is 2.41. The SMILES string of the molecule is CCCc1cc(C(=O)O)c(F)c(N2CCCCS2(=O)=O)c1. The number of carboxylic acid groups (broad SMARTS) is 1. The summed E-state index contributed by atoms with van der Waals surface area (Å²) in [6.45, 7) is 2.11. The van der Waals surface area contributed by atoms with Crippen LogP contribution in [-0.2, 0) is 16.4 Å². The topological polar surface area (TPSA) is 74.7 Å². The largest absolute Gasteiger partial charge is 0.478 e. The van der Waals surface area contributed by atoms with Gasteiger partial charge in [-0.25, -0.2) is 17.6 Å². The highest BCUT2D eigenvalue weighted by Crippen LogP contribution is 2.30. The van der Waals surface area contributed by atoms with E-state index in [-0.39, 0.29) is 18.0 Å². The predicted molar refractivity (Wildman–Crippen MR) is 77.7 cm³/mol. The van der Waals surface area contributed by atoms with Crippen LogP contribution in [0.2, 0.25) is 0 Å². The first kappa shape index (κ1) is 15.8. The average molecular weight is 315 g/mol. The number of aryl methyl sites for hydroxylation is 1. The van der Waals surface area contributed by atoms with Crippen molar-refractivity contribution in [2.45, 2.75) is 32.6 Å². The molecule has 0 aliphatic carbocycles. The van der Waals surface area contributed by atoms with Crippen LogP contribution in [0.4, 0.5) is 10.1 Å². The minimum absolute atomic E-state index is 0.0349. The highest BCUT2D eigenvalue weighted by Gasteiger charge is 2.30. The summed E-state index contributed by atoms with van der Waals surface area (Å²) in [7, 11) is -3.57. The fourth-order valence-corrected chi connectivity index (χ4v) is 4.13. The number of halogens is 1. The monoisotopic (exact) mass is 315 g/mol. The van der Waals surface area contributed by atoms with Gasteiger partial charge < -0.3 is 5.11 Å². The van der Waals surface area contributed by atoms with Crippen LogP contribution >= 0.6 is 0 Å². The lowest BCUT2D eigenvalue weighted by Crippen LogP contribution is -2.38. The molecule has 0 bridgehead atoms. The van der Waals surface area contributed by atoms with E-state index < -0.39 is 27.4 Å². The Morgan fingerprint density at radius 3 is 2.67 bits per heavy atom. The van der Waals surface area contributed by atoms with E-state index in [2.05, 4.69) is 0 Å². The smallest absolute Gasteiger partial charge is 0.338 e. The van der Waals surface area contributed by atoms with Crippen molar-refractivity contribution in [3.05, 3.63) is 29.1 Å². The van der Waals surface area contributed by atoms with Crippen molar-refractivity contribution in [1.29, 1.82) is 0 Å². The second-order valence-electron chi connectivity index (χ2n) is 5.13. The van der Waals surface area contributed by atoms with Gasteiger partial charge >= 0.3 is 5.97 Å². The summed E-state index contributed by atoms with van der Waals surface area (Å²) in [6, 6.07) is 2.73. The van der Waals surface area contributed by atoms with Gasteiger partial charge in [0.25, 0.3) is 0 Å². The Hall–Kier alpha value is -1.63. The molecule has 21 heavy (non-hydrogen) atoms. The molecule has 1 N–H and O–H groups in total. The summed E-state index contributed by atoms with van der Waals surface area (Å²) in [5.41, 5.74) is 0.0156. The van der Waals surface area contributed by atoms with Crippen molar-refractivity contribution in [1.82, 2.24) is 0 Å². The molecule has 2 rings (SSSR count). The Balaban J connectivity index is 2.58. The minimum Gasteiger partial charge on any atom is -0.478 e. The van der Waals surface area contributed by atoms with Gasteiger partial charge in [0.05, 0.1) is 17.0 Å². The normalized spacial score (nSPS) is 17.7. The van der Waals surface area contributed by atoms with E-state index in [9.17, 15) is 17.6 Å². The van der Waals surface area contributed by atoms with Crippen molar-refractivity contribution in [3.63, 3.8) is 0 Å². The first-order valence-electron chi connectivity index (χ1n) is 6.93. The molecular formula is C14H18FNO4S. The number of benzene rings is 1. The molecule has 1 aromatic carbocycles. The third-order valence-electron chi connectivity index (χ3n) is 3.50. The lowest BCUT2D eigenvalue weighted by Gasteiger charge is -2.29. The number of aromatic carboxylic acids is 1. The van der Waals surface area contributed by atoms with Gasteiger partial charge in [-0.2, -0.15) is 0 Å². The first-order chi connectivity index (χ1) is 9.86. The summed E-state index contributed by atoms with van der Waals surface area (Å²) in [5.74, 6) is -2.40. The molecule has 7 heteroatoms. The minimum atomic E-state index is -3.57. The van der Waals surface area contributed by atoms with E-state index in [1.165, 1.54) is 12.1 Å². The molecule has 1 aliphatic heterocycles. The van der Waals surface area contributed by atoms with Crippen molar-refractivity contribution in [3.8, 4) is 0 Å². The number of hydrogen-bond acceptors (Lipinski definition) is 3. The van der Waals surface area contributed by atoms with Crippen LogP contribution in [0.5, 0.6) is 0 Å². The van der Waals surface area contributed by atoms with Gasteiger partial charge in [-0.05, 0) is 37.0 Å². The second-order valence-corrected chi connectivity index (χ2v) is 7.14. The number of sulfonamides is 1. The van der Waals surface area contributed by atoms with Crippen LogP contribution < -0.4 is 4.31 Å². The Bertz CT molecular complexity index is 657. The van der Waals surface area contributed by atoms with Crippen molar-refractivity contribution in [2.24, 2.45) is 0 Å². The van der Waals surface area contributed by atoms with E-state index in [0.29, 0.717) is 24.8 Å². The Labute approximate surface area is 123 Å². The lowest BCUT2D eigenvalue weighted by atomic mass is 10.0. The zero-order chi connectivity index (χ0) is 15.6. The summed E-state index contributed by atoms with van der Waals surface area (Å²) in [5, 5.41) is 9.10. The molecule has 0 atom stereocenters. The van der Waals surface area contributed by atoms with Gasteiger partial charge in [-0.1, -0.05) is 13.3 Å².